The van der Waals surface area contributed by atoms with Crippen molar-refractivity contribution >= 4 is 0 Å². The molecular formula is C17H27NO. The number of benzene rings is 1. The summed E-state index contributed by atoms with van der Waals surface area (Å²) in [6.45, 7) is 7.29. The molecule has 1 saturated carbocycles. The van der Waals surface area contributed by atoms with Crippen molar-refractivity contribution in [3.63, 3.8) is 0 Å². The Morgan fingerprint density at radius 3 is 2.53 bits per heavy atom. The third-order valence-corrected chi connectivity index (χ3v) is 4.64. The zero-order valence-corrected chi connectivity index (χ0v) is 12.5. The van der Waals surface area contributed by atoms with Crippen molar-refractivity contribution < 1.29 is 4.74 Å². The minimum absolute atomic E-state index is 0.0128. The average molecular weight is 261 g/mol. The summed E-state index contributed by atoms with van der Waals surface area (Å²) in [6.07, 6.45) is 4.61. The van der Waals surface area contributed by atoms with Crippen LogP contribution in [0.5, 0.6) is 0 Å². The number of ether oxygens (including phenoxy) is 1. The van der Waals surface area contributed by atoms with E-state index < -0.39 is 0 Å². The van der Waals surface area contributed by atoms with E-state index in [0.717, 1.165) is 25.4 Å². The molecule has 2 nitrogen and oxygen atoms in total. The number of rotatable bonds is 4. The van der Waals surface area contributed by atoms with Crippen molar-refractivity contribution in [1.82, 2.24) is 0 Å². The van der Waals surface area contributed by atoms with E-state index in [2.05, 4.69) is 45.0 Å². The summed E-state index contributed by atoms with van der Waals surface area (Å²) in [7, 11) is 0. The highest BCUT2D eigenvalue weighted by atomic mass is 16.5. The van der Waals surface area contributed by atoms with Gasteiger partial charge < -0.3 is 10.5 Å². The van der Waals surface area contributed by atoms with E-state index in [1.54, 1.807) is 0 Å². The first kappa shape index (κ1) is 14.5. The van der Waals surface area contributed by atoms with Gasteiger partial charge >= 0.3 is 0 Å². The Morgan fingerprint density at radius 2 is 1.95 bits per heavy atom. The Morgan fingerprint density at radius 1 is 1.32 bits per heavy atom. The van der Waals surface area contributed by atoms with Crippen molar-refractivity contribution in [2.75, 3.05) is 6.61 Å². The molecule has 19 heavy (non-hydrogen) atoms. The lowest BCUT2D eigenvalue weighted by Crippen LogP contribution is -2.46. The molecule has 0 aromatic heterocycles. The molecule has 0 heterocycles. The van der Waals surface area contributed by atoms with Gasteiger partial charge in [0.05, 0.1) is 11.6 Å². The fourth-order valence-electron chi connectivity index (χ4n) is 3.30. The van der Waals surface area contributed by atoms with E-state index in [0.29, 0.717) is 0 Å². The summed E-state index contributed by atoms with van der Waals surface area (Å²) < 4.78 is 6.16. The van der Waals surface area contributed by atoms with Gasteiger partial charge in [-0.25, -0.2) is 0 Å². The van der Waals surface area contributed by atoms with Gasteiger partial charge in [-0.05, 0) is 56.6 Å². The van der Waals surface area contributed by atoms with Gasteiger partial charge in [-0.2, -0.15) is 0 Å². The molecule has 0 amide bonds. The molecule has 1 atom stereocenters. The van der Waals surface area contributed by atoms with Crippen LogP contribution in [0.1, 0.15) is 56.7 Å². The molecule has 0 saturated heterocycles. The van der Waals surface area contributed by atoms with Crippen LogP contribution in [0.4, 0.5) is 0 Å². The third-order valence-electron chi connectivity index (χ3n) is 4.64. The molecule has 1 fully saturated rings. The molecule has 1 aliphatic rings. The Labute approximate surface area is 117 Å². The first-order valence-corrected chi connectivity index (χ1v) is 7.54. The van der Waals surface area contributed by atoms with Gasteiger partial charge in [0.25, 0.3) is 0 Å². The maximum absolute atomic E-state index is 6.61. The largest absolute Gasteiger partial charge is 0.373 e. The van der Waals surface area contributed by atoms with Crippen LogP contribution >= 0.6 is 0 Å². The third kappa shape index (κ3) is 3.01. The van der Waals surface area contributed by atoms with Crippen molar-refractivity contribution in [2.24, 2.45) is 11.7 Å². The van der Waals surface area contributed by atoms with Gasteiger partial charge in [-0.1, -0.05) is 31.2 Å². The van der Waals surface area contributed by atoms with E-state index in [1.165, 1.54) is 24.0 Å². The van der Waals surface area contributed by atoms with E-state index in [4.69, 9.17) is 10.5 Å². The molecule has 2 rings (SSSR count). The minimum Gasteiger partial charge on any atom is -0.373 e. The van der Waals surface area contributed by atoms with Crippen LogP contribution in [-0.2, 0) is 4.74 Å². The van der Waals surface area contributed by atoms with Crippen LogP contribution in [0.15, 0.2) is 24.3 Å². The minimum atomic E-state index is -0.159. The molecule has 1 aromatic carbocycles. The monoisotopic (exact) mass is 261 g/mol. The van der Waals surface area contributed by atoms with Gasteiger partial charge in [0.1, 0.15) is 0 Å². The summed E-state index contributed by atoms with van der Waals surface area (Å²) in [4.78, 5) is 0. The van der Waals surface area contributed by atoms with Gasteiger partial charge in [0.15, 0.2) is 0 Å². The van der Waals surface area contributed by atoms with Gasteiger partial charge in [-0.3, -0.25) is 0 Å². The van der Waals surface area contributed by atoms with Crippen LogP contribution in [0, 0.1) is 12.8 Å². The molecule has 1 aromatic rings. The average Bonchev–Trinajstić information content (AvgIpc) is 2.42. The number of aryl methyl sites for hydroxylation is 1. The van der Waals surface area contributed by atoms with Crippen molar-refractivity contribution in [3.8, 4) is 0 Å². The molecule has 1 aliphatic carbocycles. The van der Waals surface area contributed by atoms with Crippen molar-refractivity contribution in [2.45, 2.75) is 58.1 Å². The van der Waals surface area contributed by atoms with Crippen molar-refractivity contribution in [3.05, 3.63) is 35.4 Å². The summed E-state index contributed by atoms with van der Waals surface area (Å²) in [6, 6.07) is 8.43. The Hall–Kier alpha value is -0.860. The molecule has 2 N–H and O–H groups in total. The second-order valence-electron chi connectivity index (χ2n) is 6.01. The normalized spacial score (nSPS) is 29.2. The lowest BCUT2D eigenvalue weighted by atomic mass is 9.73. The second kappa shape index (κ2) is 6.06. The fourth-order valence-corrected chi connectivity index (χ4v) is 3.30. The van der Waals surface area contributed by atoms with Gasteiger partial charge in [-0.15, -0.1) is 0 Å². The summed E-state index contributed by atoms with van der Waals surface area (Å²) in [5.41, 5.74) is 8.96. The van der Waals surface area contributed by atoms with Crippen LogP contribution in [0.25, 0.3) is 0 Å². The second-order valence-corrected chi connectivity index (χ2v) is 6.01. The first-order chi connectivity index (χ1) is 9.09. The van der Waals surface area contributed by atoms with Crippen LogP contribution in [0.3, 0.4) is 0 Å². The summed E-state index contributed by atoms with van der Waals surface area (Å²) in [5.74, 6) is 0.803. The van der Waals surface area contributed by atoms with E-state index in [9.17, 15) is 0 Å². The van der Waals surface area contributed by atoms with E-state index in [1.807, 2.05) is 0 Å². The number of nitrogens with two attached hydrogens (primary N) is 1. The molecule has 2 heteroatoms. The number of hydrogen-bond acceptors (Lipinski definition) is 2. The highest BCUT2D eigenvalue weighted by molar-refractivity contribution is 5.31. The molecule has 1 unspecified atom stereocenters. The molecule has 0 aliphatic heterocycles. The smallest absolute Gasteiger partial charge is 0.0874 e. The predicted molar refractivity (Wildman–Crippen MR) is 80.1 cm³/mol. The Kier molecular flexibility index (Phi) is 4.64. The molecular weight excluding hydrogens is 234 g/mol. The maximum atomic E-state index is 6.61. The van der Waals surface area contributed by atoms with Crippen LogP contribution < -0.4 is 5.73 Å². The van der Waals surface area contributed by atoms with Crippen LogP contribution in [-0.4, -0.2) is 12.2 Å². The maximum Gasteiger partial charge on any atom is 0.0874 e. The zero-order valence-electron chi connectivity index (χ0n) is 12.5. The zero-order chi connectivity index (χ0) is 13.9. The number of hydrogen-bond donors (Lipinski definition) is 1. The quantitative estimate of drug-likeness (QED) is 0.889. The first-order valence-electron chi connectivity index (χ1n) is 7.54. The molecule has 0 bridgehead atoms. The lowest BCUT2D eigenvalue weighted by Gasteiger charge is -2.43. The topological polar surface area (TPSA) is 35.2 Å². The van der Waals surface area contributed by atoms with E-state index in [-0.39, 0.29) is 11.6 Å². The summed E-state index contributed by atoms with van der Waals surface area (Å²) >= 11 is 0. The molecule has 0 radical (unpaired) electrons. The standard InChI is InChI=1S/C17H27NO/c1-4-19-17(11-9-13(2)10-12-17)16(18)15-8-6-5-7-14(15)3/h5-8,13,16H,4,9-12,18H2,1-3H3. The highest BCUT2D eigenvalue weighted by Gasteiger charge is 2.41. The highest BCUT2D eigenvalue weighted by Crippen LogP contribution is 2.42. The fraction of sp³-hybridized carbons (Fsp3) is 0.647. The van der Waals surface area contributed by atoms with Gasteiger partial charge in [0, 0.05) is 6.61 Å². The van der Waals surface area contributed by atoms with Crippen LogP contribution in [0.2, 0.25) is 0 Å². The molecule has 106 valence electrons. The van der Waals surface area contributed by atoms with E-state index >= 15 is 0 Å². The Bertz CT molecular complexity index is 407. The SMILES string of the molecule is CCOC1(C(N)c2ccccc2C)CCC(C)CC1. The molecule has 0 spiro atoms. The lowest BCUT2D eigenvalue weighted by molar-refractivity contribution is -0.0897. The predicted octanol–water partition coefficient (Wildman–Crippen LogP) is 3.98. The van der Waals surface area contributed by atoms with Crippen molar-refractivity contribution in [1.29, 1.82) is 0 Å². The Balaban J connectivity index is 2.26. The van der Waals surface area contributed by atoms with Gasteiger partial charge in [0.2, 0.25) is 0 Å². The summed E-state index contributed by atoms with van der Waals surface area (Å²) in [5, 5.41) is 0.